The van der Waals surface area contributed by atoms with Crippen LogP contribution in [0.5, 0.6) is 0 Å². The highest BCUT2D eigenvalue weighted by Crippen LogP contribution is 2.15. The Balaban J connectivity index is 2.44. The van der Waals surface area contributed by atoms with Crippen LogP contribution >= 0.6 is 27.7 Å². The van der Waals surface area contributed by atoms with E-state index in [4.69, 9.17) is 0 Å². The van der Waals surface area contributed by atoms with Gasteiger partial charge in [0.1, 0.15) is 0 Å². The van der Waals surface area contributed by atoms with E-state index in [1.165, 1.54) is 4.90 Å². The van der Waals surface area contributed by atoms with Crippen LogP contribution in [-0.2, 0) is 0 Å². The number of alkyl halides is 1. The van der Waals surface area contributed by atoms with Crippen molar-refractivity contribution in [3.05, 3.63) is 29.8 Å². The molecule has 0 saturated carbocycles. The van der Waals surface area contributed by atoms with Crippen molar-refractivity contribution in [3.63, 3.8) is 0 Å². The second-order valence-electron chi connectivity index (χ2n) is 4.67. The van der Waals surface area contributed by atoms with Crippen molar-refractivity contribution in [2.45, 2.75) is 30.0 Å². The molecule has 1 aromatic carbocycles. The second kappa shape index (κ2) is 7.85. The Morgan fingerprint density at radius 1 is 1.33 bits per heavy atom. The molecule has 0 aliphatic rings. The van der Waals surface area contributed by atoms with E-state index in [0.29, 0.717) is 17.3 Å². The first-order valence-corrected chi connectivity index (χ1v) is 8.23. The van der Waals surface area contributed by atoms with Gasteiger partial charge in [-0.25, -0.2) is 0 Å². The van der Waals surface area contributed by atoms with E-state index < -0.39 is 0 Å². The largest absolute Gasteiger partial charge is 0.351 e. The summed E-state index contributed by atoms with van der Waals surface area (Å²) in [5, 5.41) is 2.95. The van der Waals surface area contributed by atoms with E-state index in [1.807, 2.05) is 30.5 Å². The molecule has 0 bridgehead atoms. The molecule has 1 N–H and O–H groups in total. The fraction of sp³-hybridized carbons (Fsp3) is 0.500. The summed E-state index contributed by atoms with van der Waals surface area (Å²) in [4.78, 5) is 13.4. The topological polar surface area (TPSA) is 29.1 Å². The molecule has 1 atom stereocenters. The number of benzene rings is 1. The Kier molecular flexibility index (Phi) is 6.79. The summed E-state index contributed by atoms with van der Waals surface area (Å²) < 4.78 is 0. The summed E-state index contributed by atoms with van der Waals surface area (Å²) in [7, 11) is 0. The first kappa shape index (κ1) is 15.6. The highest BCUT2D eigenvalue weighted by Gasteiger charge is 2.10. The van der Waals surface area contributed by atoms with Crippen LogP contribution in [0.2, 0.25) is 0 Å². The van der Waals surface area contributed by atoms with Gasteiger partial charge in [-0.3, -0.25) is 4.79 Å². The number of carbonyl (C=O) groups is 1. The van der Waals surface area contributed by atoms with Crippen molar-refractivity contribution < 1.29 is 4.79 Å². The summed E-state index contributed by atoms with van der Waals surface area (Å²) in [5.74, 6) is 0.628. The number of hydrogen-bond donors (Lipinski definition) is 1. The number of hydrogen-bond acceptors (Lipinski definition) is 2. The van der Waals surface area contributed by atoms with E-state index >= 15 is 0 Å². The van der Waals surface area contributed by atoms with Crippen LogP contribution in [0.15, 0.2) is 29.2 Å². The van der Waals surface area contributed by atoms with Gasteiger partial charge >= 0.3 is 0 Å². The van der Waals surface area contributed by atoms with Gasteiger partial charge in [-0.15, -0.1) is 11.8 Å². The van der Waals surface area contributed by atoms with Crippen LogP contribution in [-0.4, -0.2) is 23.5 Å². The van der Waals surface area contributed by atoms with Crippen molar-refractivity contribution in [1.82, 2.24) is 5.32 Å². The molecule has 0 saturated heterocycles. The molecular formula is C14H20BrNOS. The Hall–Kier alpha value is -0.480. The SMILES string of the molecule is CSc1ccc(C(=O)NCC(Br)CC(C)C)cc1. The minimum atomic E-state index is -0.00383. The highest BCUT2D eigenvalue weighted by atomic mass is 79.9. The van der Waals surface area contributed by atoms with Gasteiger partial charge in [0.2, 0.25) is 0 Å². The molecule has 4 heteroatoms. The molecule has 0 spiro atoms. The number of rotatable bonds is 6. The fourth-order valence-electron chi connectivity index (χ4n) is 1.64. The van der Waals surface area contributed by atoms with Crippen LogP contribution in [0.1, 0.15) is 30.6 Å². The van der Waals surface area contributed by atoms with Crippen molar-refractivity contribution in [1.29, 1.82) is 0 Å². The van der Waals surface area contributed by atoms with Crippen LogP contribution in [0.4, 0.5) is 0 Å². The molecule has 1 unspecified atom stereocenters. The summed E-state index contributed by atoms with van der Waals surface area (Å²) >= 11 is 5.26. The average Bonchev–Trinajstić information content (AvgIpc) is 2.35. The maximum atomic E-state index is 11.9. The number of amides is 1. The second-order valence-corrected chi connectivity index (χ2v) is 6.84. The molecule has 0 aliphatic heterocycles. The van der Waals surface area contributed by atoms with Gasteiger partial charge in [0.15, 0.2) is 0 Å². The monoisotopic (exact) mass is 329 g/mol. The minimum Gasteiger partial charge on any atom is -0.351 e. The third-order valence-electron chi connectivity index (χ3n) is 2.56. The summed E-state index contributed by atoms with van der Waals surface area (Å²) in [6, 6.07) is 7.68. The average molecular weight is 330 g/mol. The van der Waals surface area contributed by atoms with Gasteiger partial charge in [-0.05, 0) is 42.9 Å². The van der Waals surface area contributed by atoms with Gasteiger partial charge in [-0.2, -0.15) is 0 Å². The summed E-state index contributed by atoms with van der Waals surface area (Å²) in [6.07, 6.45) is 3.09. The van der Waals surface area contributed by atoms with Crippen LogP contribution in [0.3, 0.4) is 0 Å². The lowest BCUT2D eigenvalue weighted by atomic mass is 10.1. The lowest BCUT2D eigenvalue weighted by molar-refractivity contribution is 0.0953. The molecule has 100 valence electrons. The molecule has 1 rings (SSSR count). The zero-order valence-electron chi connectivity index (χ0n) is 11.1. The zero-order valence-corrected chi connectivity index (χ0v) is 13.5. The van der Waals surface area contributed by atoms with E-state index in [0.717, 1.165) is 12.0 Å². The summed E-state index contributed by atoms with van der Waals surface area (Å²) in [6.45, 7) is 5.02. The number of halogens is 1. The highest BCUT2D eigenvalue weighted by molar-refractivity contribution is 9.09. The normalized spacial score (nSPS) is 12.5. The third-order valence-corrected chi connectivity index (χ3v) is 4.00. The maximum Gasteiger partial charge on any atom is 0.251 e. The summed E-state index contributed by atoms with van der Waals surface area (Å²) in [5.41, 5.74) is 0.719. The molecule has 0 radical (unpaired) electrons. The van der Waals surface area contributed by atoms with E-state index in [9.17, 15) is 4.79 Å². The molecule has 1 amide bonds. The van der Waals surface area contributed by atoms with Crippen LogP contribution in [0.25, 0.3) is 0 Å². The molecule has 2 nitrogen and oxygen atoms in total. The van der Waals surface area contributed by atoms with Gasteiger partial charge in [0.05, 0.1) is 0 Å². The lowest BCUT2D eigenvalue weighted by Gasteiger charge is -2.13. The molecule has 1 aromatic rings. The van der Waals surface area contributed by atoms with Crippen LogP contribution < -0.4 is 5.32 Å². The Morgan fingerprint density at radius 2 is 1.94 bits per heavy atom. The molecule has 0 heterocycles. The van der Waals surface area contributed by atoms with Gasteiger partial charge in [-0.1, -0.05) is 29.8 Å². The van der Waals surface area contributed by atoms with Crippen LogP contribution in [0, 0.1) is 5.92 Å². The van der Waals surface area contributed by atoms with Crippen molar-refractivity contribution in [2.75, 3.05) is 12.8 Å². The maximum absolute atomic E-state index is 11.9. The molecule has 0 aliphatic carbocycles. The predicted octanol–water partition coefficient (Wildman–Crippen LogP) is 3.95. The number of nitrogens with one attached hydrogen (secondary N) is 1. The standard InChI is InChI=1S/C14H20BrNOS/c1-10(2)8-12(15)9-16-14(17)11-4-6-13(18-3)7-5-11/h4-7,10,12H,8-9H2,1-3H3,(H,16,17). The van der Waals surface area contributed by atoms with Gasteiger partial charge in [0.25, 0.3) is 5.91 Å². The molecule has 0 fully saturated rings. The van der Waals surface area contributed by atoms with E-state index in [1.54, 1.807) is 11.8 Å². The Labute approximate surface area is 122 Å². The fourth-order valence-corrected chi connectivity index (χ4v) is 2.96. The molecule has 18 heavy (non-hydrogen) atoms. The third kappa shape index (κ3) is 5.44. The molecular weight excluding hydrogens is 310 g/mol. The quantitative estimate of drug-likeness (QED) is 0.632. The van der Waals surface area contributed by atoms with E-state index in [-0.39, 0.29) is 5.91 Å². The van der Waals surface area contributed by atoms with E-state index in [2.05, 4.69) is 35.1 Å². The zero-order chi connectivity index (χ0) is 13.5. The van der Waals surface area contributed by atoms with Crippen molar-refractivity contribution in [2.24, 2.45) is 5.92 Å². The first-order chi connectivity index (χ1) is 8.52. The van der Waals surface area contributed by atoms with Crippen molar-refractivity contribution in [3.8, 4) is 0 Å². The lowest BCUT2D eigenvalue weighted by Crippen LogP contribution is -2.30. The number of thioether (sulfide) groups is 1. The predicted molar refractivity (Wildman–Crippen MR) is 82.7 cm³/mol. The smallest absolute Gasteiger partial charge is 0.251 e. The Bertz CT molecular complexity index is 378. The molecule has 0 aromatic heterocycles. The van der Waals surface area contributed by atoms with Crippen molar-refractivity contribution >= 4 is 33.6 Å². The minimum absolute atomic E-state index is 0.00383. The Morgan fingerprint density at radius 3 is 2.44 bits per heavy atom. The first-order valence-electron chi connectivity index (χ1n) is 6.09. The number of carbonyl (C=O) groups excluding carboxylic acids is 1. The van der Waals surface area contributed by atoms with Gasteiger partial charge < -0.3 is 5.32 Å². The van der Waals surface area contributed by atoms with Gasteiger partial charge in [0, 0.05) is 21.8 Å².